The summed E-state index contributed by atoms with van der Waals surface area (Å²) in [5.41, 5.74) is 7.55. The SMILES string of the molecule is Cc1cccc(C)c1NC(=O)c1cc(S(N)(=O)=O)c(Cl)cc1O.Cc1cccc(Nc2ccncc2S(=O)(=O)NC(=O)NC(C)C)c1.NS(=O)(=O)c1cc(C(=O)NN2C[C@@H]3[C@H]4CC[C@H](C4)[C@@H]3C2)ccc1Cl.NS(=O)(=O)c1cc(C(=O)O)cc(N2CCCC2)c1Oc1ccccc1. The number of benzene rings is 6. The minimum atomic E-state index is -4.18. The van der Waals surface area contributed by atoms with Crippen LogP contribution < -0.4 is 51.2 Å². The first-order valence-electron chi connectivity index (χ1n) is 29.9. The van der Waals surface area contributed by atoms with Crippen molar-refractivity contribution in [2.75, 3.05) is 41.7 Å². The zero-order chi connectivity index (χ0) is 70.2. The van der Waals surface area contributed by atoms with Crippen molar-refractivity contribution < 1.29 is 67.8 Å². The second kappa shape index (κ2) is 30.8. The van der Waals surface area contributed by atoms with Crippen molar-refractivity contribution in [2.45, 2.75) is 92.3 Å². The molecule has 2 bridgehead atoms. The molecule has 6 aromatic carbocycles. The number of carboxylic acid groups (broad SMARTS) is 1. The van der Waals surface area contributed by atoms with Crippen molar-refractivity contribution in [2.24, 2.45) is 39.1 Å². The molecule has 2 saturated carbocycles. The molecule has 13 N–H and O–H groups in total. The maximum absolute atomic E-state index is 12.5. The molecule has 1 aromatic heterocycles. The summed E-state index contributed by atoms with van der Waals surface area (Å²) in [6, 6.07) is 30.8. The van der Waals surface area contributed by atoms with Gasteiger partial charge < -0.3 is 35.8 Å². The number of hydrogen-bond donors (Lipinski definition) is 10. The first kappa shape index (κ1) is 73.4. The Hall–Kier alpha value is -8.43. The Morgan fingerprint density at radius 2 is 1.26 bits per heavy atom. The minimum absolute atomic E-state index is 0.0151. The van der Waals surface area contributed by atoms with Gasteiger partial charge in [-0.2, -0.15) is 0 Å². The van der Waals surface area contributed by atoms with Gasteiger partial charge in [0, 0.05) is 67.6 Å². The van der Waals surface area contributed by atoms with E-state index in [9.17, 15) is 63.1 Å². The number of ether oxygens (including phenoxy) is 1. The van der Waals surface area contributed by atoms with Crippen LogP contribution in [0.3, 0.4) is 0 Å². The molecule has 11 rings (SSSR count). The maximum atomic E-state index is 12.5. The van der Waals surface area contributed by atoms with Crippen molar-refractivity contribution in [1.29, 1.82) is 0 Å². The summed E-state index contributed by atoms with van der Waals surface area (Å²) >= 11 is 11.6. The molecule has 7 aromatic rings. The summed E-state index contributed by atoms with van der Waals surface area (Å²) in [5.74, 6) is 0.839. The summed E-state index contributed by atoms with van der Waals surface area (Å²) in [6.07, 6.45) is 8.55. The number of primary sulfonamides is 3. The number of phenolic OH excluding ortho intramolecular Hbond substituents is 1. The summed E-state index contributed by atoms with van der Waals surface area (Å²) < 4.78 is 103. The van der Waals surface area contributed by atoms with Crippen molar-refractivity contribution in [3.63, 3.8) is 0 Å². The topological polar surface area (TPSA) is 412 Å². The second-order valence-electron chi connectivity index (χ2n) is 23.6. The van der Waals surface area contributed by atoms with Gasteiger partial charge in [0.15, 0.2) is 5.75 Å². The Morgan fingerprint density at radius 1 is 0.667 bits per heavy atom. The van der Waals surface area contributed by atoms with Gasteiger partial charge in [0.1, 0.15) is 31.1 Å². The number of amides is 4. The number of para-hydroxylation sites is 2. The highest BCUT2D eigenvalue weighted by molar-refractivity contribution is 7.90. The maximum Gasteiger partial charge on any atom is 0.335 e. The lowest BCUT2D eigenvalue weighted by molar-refractivity contribution is 0.0695. The number of carboxylic acids is 1. The highest BCUT2D eigenvalue weighted by Crippen LogP contribution is 2.55. The molecule has 0 unspecified atom stereocenters. The number of halogens is 2. The standard InChI is InChI=1S/C17H18N2O5S.C16H20ClN3O3S.C16H20N4O3S.C15H15ClN2O4S/c18-25(22,23)15-11-12(17(20)21)10-14(19-8-4-5-9-19)16(15)24-13-6-2-1-3-7-13;17-14-4-3-11(6-15(14)24(18,22)23)16(21)19-20-7-12-9-1-2-10(5-9)13(12)8-20;1-11(2)18-16(21)20-24(22,23)15-10-17-8-7-14(15)19-13-6-4-5-12(3)9-13;1-8-4-3-5-9(2)14(8)18-15(20)10-6-13(23(17,21)22)11(16)7-12(10)19/h1-3,6-7,10-11H,4-5,8-9H2,(H,20,21)(H2,18,22,23);3-4,6,9-10,12-13H,1-2,5,7-8H2,(H,19,21)(H2,18,22,23);4-11H,1-3H3,(H,17,19)(H2,18,20,21);3-7,19H,1-2H3,(H,18,20)(H2,17,21,22)/t;9-,10+,12+,13-;;. The number of carbonyl (C=O) groups excluding carboxylic acids is 3. The molecule has 3 heterocycles. The van der Waals surface area contributed by atoms with E-state index in [4.69, 9.17) is 43.4 Å². The van der Waals surface area contributed by atoms with Crippen LogP contribution in [0.5, 0.6) is 17.2 Å². The van der Waals surface area contributed by atoms with E-state index in [0.717, 1.165) is 78.3 Å². The van der Waals surface area contributed by atoms with Crippen molar-refractivity contribution >= 4 is 110 Å². The third kappa shape index (κ3) is 18.8. The van der Waals surface area contributed by atoms with Crippen LogP contribution in [0.25, 0.3) is 0 Å². The number of sulfonamides is 4. The first-order valence-corrected chi connectivity index (χ1v) is 36.8. The lowest BCUT2D eigenvalue weighted by atomic mass is 9.82. The van der Waals surface area contributed by atoms with Crippen molar-refractivity contribution in [1.82, 2.24) is 25.5 Å². The van der Waals surface area contributed by atoms with Crippen LogP contribution in [-0.2, 0) is 40.1 Å². The number of hydrogen-bond acceptors (Lipinski definition) is 18. The van der Waals surface area contributed by atoms with E-state index in [1.54, 1.807) is 38.1 Å². The molecule has 4 amide bonds. The number of pyridine rings is 1. The van der Waals surface area contributed by atoms with Crippen LogP contribution in [0.4, 0.5) is 27.5 Å². The molecule has 0 radical (unpaired) electrons. The van der Waals surface area contributed by atoms with Gasteiger partial charge in [-0.1, -0.05) is 71.7 Å². The van der Waals surface area contributed by atoms with Crippen LogP contribution >= 0.6 is 23.2 Å². The zero-order valence-corrected chi connectivity index (χ0v) is 57.4. The highest BCUT2D eigenvalue weighted by atomic mass is 35.5. The molecule has 4 aliphatic rings. The van der Waals surface area contributed by atoms with Crippen molar-refractivity contribution in [3.05, 3.63) is 177 Å². The van der Waals surface area contributed by atoms with Crippen LogP contribution in [0.1, 0.15) is 93.7 Å². The smallest absolute Gasteiger partial charge is 0.335 e. The fourth-order valence-corrected chi connectivity index (χ4v) is 15.7. The lowest BCUT2D eigenvalue weighted by Gasteiger charge is -2.23. The molecular formula is C64H73Cl2N11O15S4. The second-order valence-corrected chi connectivity index (χ2v) is 30.7. The molecule has 26 nitrogen and oxygen atoms in total. The Balaban J connectivity index is 0.000000164. The Morgan fingerprint density at radius 3 is 1.84 bits per heavy atom. The molecule has 4 fully saturated rings. The van der Waals surface area contributed by atoms with Gasteiger partial charge in [-0.3, -0.25) is 20.0 Å². The monoisotopic (exact) mass is 1430 g/mol. The van der Waals surface area contributed by atoms with Crippen LogP contribution in [-0.4, -0.2) is 110 Å². The number of fused-ring (bicyclic) bond motifs is 5. The molecule has 2 aliphatic heterocycles. The fraction of sp³-hybridized carbons (Fsp3) is 0.297. The summed E-state index contributed by atoms with van der Waals surface area (Å²) in [7, 11) is -16.3. The van der Waals surface area contributed by atoms with E-state index < -0.39 is 68.6 Å². The molecule has 0 spiro atoms. The third-order valence-electron chi connectivity index (χ3n) is 16.2. The quantitative estimate of drug-likeness (QED) is 0.0431. The van der Waals surface area contributed by atoms with E-state index in [-0.39, 0.29) is 59.1 Å². The molecule has 2 saturated heterocycles. The number of urea groups is 1. The van der Waals surface area contributed by atoms with Gasteiger partial charge in [-0.05, 0) is 174 Å². The average molecular weight is 1440 g/mol. The first-order chi connectivity index (χ1) is 45.1. The number of anilines is 4. The number of nitrogens with two attached hydrogens (primary N) is 3. The fourth-order valence-electron chi connectivity index (χ4n) is 11.8. The van der Waals surface area contributed by atoms with Gasteiger partial charge in [0.25, 0.3) is 21.8 Å². The number of aryl methyl sites for hydroxylation is 3. The summed E-state index contributed by atoms with van der Waals surface area (Å²) in [5, 5.41) is 44.6. The van der Waals surface area contributed by atoms with Crippen LogP contribution in [0, 0.1) is 44.4 Å². The number of nitrogens with one attached hydrogen (secondary N) is 5. The van der Waals surface area contributed by atoms with E-state index in [1.807, 2.05) is 83.9 Å². The molecule has 4 atom stereocenters. The summed E-state index contributed by atoms with van der Waals surface area (Å²) in [6.45, 7) is 12.2. The largest absolute Gasteiger partial charge is 0.507 e. The van der Waals surface area contributed by atoms with Crippen LogP contribution in [0.15, 0.2) is 153 Å². The van der Waals surface area contributed by atoms with Gasteiger partial charge >= 0.3 is 12.0 Å². The van der Waals surface area contributed by atoms with Crippen molar-refractivity contribution in [3.8, 4) is 17.2 Å². The van der Waals surface area contributed by atoms with Gasteiger partial charge in [0.05, 0.1) is 32.5 Å². The Bertz CT molecular complexity index is 4530. The number of aromatic nitrogens is 1. The number of carbonyl (C=O) groups is 4. The number of aromatic carboxylic acids is 1. The van der Waals surface area contributed by atoms with Gasteiger partial charge in [-0.15, -0.1) is 0 Å². The number of phenols is 1. The average Bonchev–Trinajstić information content (AvgIpc) is 1.53. The number of hydrazine groups is 1. The zero-order valence-electron chi connectivity index (χ0n) is 52.6. The number of rotatable bonds is 16. The minimum Gasteiger partial charge on any atom is -0.507 e. The lowest BCUT2D eigenvalue weighted by Crippen LogP contribution is -2.42. The number of nitrogens with zero attached hydrogens (tertiary/aromatic N) is 3. The summed E-state index contributed by atoms with van der Waals surface area (Å²) in [4.78, 5) is 52.6. The molecular weight excluding hydrogens is 1360 g/mol. The predicted molar refractivity (Wildman–Crippen MR) is 363 cm³/mol. The van der Waals surface area contributed by atoms with Crippen LogP contribution in [0.2, 0.25) is 10.0 Å². The third-order valence-corrected chi connectivity index (χ3v) is 21.3. The van der Waals surface area contributed by atoms with Gasteiger partial charge in [0.2, 0.25) is 30.1 Å². The van der Waals surface area contributed by atoms with E-state index in [2.05, 4.69) is 26.4 Å². The Labute approximate surface area is 567 Å². The van der Waals surface area contributed by atoms with Gasteiger partial charge in [-0.25, -0.2) is 68.4 Å². The molecule has 32 heteroatoms. The normalized spacial score (nSPS) is 17.3. The van der Waals surface area contributed by atoms with E-state index in [0.29, 0.717) is 47.7 Å². The highest BCUT2D eigenvalue weighted by Gasteiger charge is 2.52. The Kier molecular flexibility index (Phi) is 23.5. The molecule has 96 heavy (non-hydrogen) atoms. The van der Waals surface area contributed by atoms with E-state index in [1.165, 1.54) is 62.0 Å². The van der Waals surface area contributed by atoms with E-state index >= 15 is 0 Å². The molecule has 2 aliphatic carbocycles. The number of aromatic hydroxyl groups is 1. The molecule has 512 valence electrons. The predicted octanol–water partition coefficient (Wildman–Crippen LogP) is 9.13.